The van der Waals surface area contributed by atoms with Gasteiger partial charge in [0.1, 0.15) is 0 Å². The van der Waals surface area contributed by atoms with Crippen LogP contribution in [0.4, 0.5) is 5.69 Å². The molecule has 0 aromatic heterocycles. The van der Waals surface area contributed by atoms with Gasteiger partial charge in [0.15, 0.2) is 0 Å². The van der Waals surface area contributed by atoms with Gasteiger partial charge in [0.05, 0.1) is 5.38 Å². The number of nitrogens with zero attached hydrogens (tertiary/aromatic N) is 1. The van der Waals surface area contributed by atoms with Gasteiger partial charge in [-0.15, -0.1) is 11.6 Å². The van der Waals surface area contributed by atoms with Crippen molar-refractivity contribution in [3.63, 3.8) is 0 Å². The lowest BCUT2D eigenvalue weighted by molar-refractivity contribution is -0.117. The molecule has 0 bridgehead atoms. The minimum atomic E-state index is -0.0548. The number of alkyl halides is 1. The average molecular weight is 252 g/mol. The number of halogens is 1. The zero-order valence-corrected chi connectivity index (χ0v) is 11.3. The maximum absolute atomic E-state index is 11.8. The third kappa shape index (κ3) is 2.63. The predicted molar refractivity (Wildman–Crippen MR) is 71.8 cm³/mol. The first-order valence-electron chi connectivity index (χ1n) is 5.93. The SMILES string of the molecule is CC(C)(C)c1cccc(N2CC(Cl)CC2=O)c1. The summed E-state index contributed by atoms with van der Waals surface area (Å²) in [6, 6.07) is 8.17. The zero-order chi connectivity index (χ0) is 12.6. The molecule has 92 valence electrons. The first-order valence-corrected chi connectivity index (χ1v) is 6.36. The molecular weight excluding hydrogens is 234 g/mol. The Hall–Kier alpha value is -1.02. The highest BCUT2D eigenvalue weighted by Crippen LogP contribution is 2.29. The number of benzene rings is 1. The topological polar surface area (TPSA) is 20.3 Å². The monoisotopic (exact) mass is 251 g/mol. The highest BCUT2D eigenvalue weighted by molar-refractivity contribution is 6.24. The van der Waals surface area contributed by atoms with E-state index < -0.39 is 0 Å². The van der Waals surface area contributed by atoms with Crippen LogP contribution >= 0.6 is 11.6 Å². The Morgan fingerprint density at radius 1 is 1.35 bits per heavy atom. The fourth-order valence-corrected chi connectivity index (χ4v) is 2.32. The molecule has 2 rings (SSSR count). The van der Waals surface area contributed by atoms with Crippen LogP contribution < -0.4 is 4.90 Å². The summed E-state index contributed by atoms with van der Waals surface area (Å²) in [7, 11) is 0. The molecule has 0 spiro atoms. The van der Waals surface area contributed by atoms with Crippen molar-refractivity contribution >= 4 is 23.2 Å². The van der Waals surface area contributed by atoms with Gasteiger partial charge in [-0.05, 0) is 23.1 Å². The van der Waals surface area contributed by atoms with E-state index in [-0.39, 0.29) is 16.7 Å². The maximum atomic E-state index is 11.8. The van der Waals surface area contributed by atoms with Gasteiger partial charge in [-0.2, -0.15) is 0 Å². The summed E-state index contributed by atoms with van der Waals surface area (Å²) in [6.07, 6.45) is 0.446. The van der Waals surface area contributed by atoms with Crippen LogP contribution in [0.25, 0.3) is 0 Å². The molecule has 0 aliphatic carbocycles. The van der Waals surface area contributed by atoms with E-state index in [1.807, 2.05) is 12.1 Å². The van der Waals surface area contributed by atoms with E-state index >= 15 is 0 Å². The van der Waals surface area contributed by atoms with Crippen molar-refractivity contribution in [1.29, 1.82) is 0 Å². The van der Waals surface area contributed by atoms with Gasteiger partial charge >= 0.3 is 0 Å². The van der Waals surface area contributed by atoms with Crippen molar-refractivity contribution in [1.82, 2.24) is 0 Å². The normalized spacial score (nSPS) is 21.1. The van der Waals surface area contributed by atoms with E-state index in [2.05, 4.69) is 32.9 Å². The van der Waals surface area contributed by atoms with Crippen molar-refractivity contribution in [2.45, 2.75) is 38.0 Å². The maximum Gasteiger partial charge on any atom is 0.228 e. The fraction of sp³-hybridized carbons (Fsp3) is 0.500. The molecule has 1 aromatic rings. The second-order valence-corrected chi connectivity index (χ2v) is 6.22. The van der Waals surface area contributed by atoms with E-state index in [1.165, 1.54) is 5.56 Å². The van der Waals surface area contributed by atoms with Crippen molar-refractivity contribution in [3.05, 3.63) is 29.8 Å². The smallest absolute Gasteiger partial charge is 0.228 e. The molecule has 0 radical (unpaired) electrons. The van der Waals surface area contributed by atoms with Gasteiger partial charge in [-0.1, -0.05) is 32.9 Å². The summed E-state index contributed by atoms with van der Waals surface area (Å²) in [5, 5.41) is -0.0548. The first kappa shape index (κ1) is 12.4. The minimum Gasteiger partial charge on any atom is -0.311 e. The summed E-state index contributed by atoms with van der Waals surface area (Å²) in [5.74, 6) is 0.121. The Bertz CT molecular complexity index is 436. The van der Waals surface area contributed by atoms with E-state index in [0.29, 0.717) is 13.0 Å². The van der Waals surface area contributed by atoms with E-state index in [0.717, 1.165) is 5.69 Å². The molecule has 3 heteroatoms. The molecule has 0 N–H and O–H groups in total. The van der Waals surface area contributed by atoms with Gasteiger partial charge < -0.3 is 4.90 Å². The summed E-state index contributed by atoms with van der Waals surface area (Å²) in [4.78, 5) is 13.6. The highest BCUT2D eigenvalue weighted by atomic mass is 35.5. The molecule has 1 aliphatic heterocycles. The van der Waals surface area contributed by atoms with Crippen LogP contribution in [-0.4, -0.2) is 17.8 Å². The highest BCUT2D eigenvalue weighted by Gasteiger charge is 2.29. The fourth-order valence-electron chi connectivity index (χ4n) is 2.05. The van der Waals surface area contributed by atoms with Crippen LogP contribution in [-0.2, 0) is 10.2 Å². The molecule has 0 saturated carbocycles. The summed E-state index contributed by atoms with van der Waals surface area (Å²) in [6.45, 7) is 7.13. The zero-order valence-electron chi connectivity index (χ0n) is 10.5. The molecule has 1 aliphatic rings. The molecule has 1 aromatic carbocycles. The van der Waals surface area contributed by atoms with Crippen LogP contribution in [0, 0.1) is 0 Å². The molecular formula is C14H18ClNO. The molecule has 1 heterocycles. The van der Waals surface area contributed by atoms with Gasteiger partial charge in [0.25, 0.3) is 0 Å². The molecule has 2 nitrogen and oxygen atoms in total. The molecule has 1 fully saturated rings. The third-order valence-corrected chi connectivity index (χ3v) is 3.39. The van der Waals surface area contributed by atoms with Crippen LogP contribution in [0.5, 0.6) is 0 Å². The molecule has 1 amide bonds. The molecule has 1 unspecified atom stereocenters. The number of hydrogen-bond donors (Lipinski definition) is 0. The first-order chi connectivity index (χ1) is 7.88. The minimum absolute atomic E-state index is 0.0548. The van der Waals surface area contributed by atoms with Crippen molar-refractivity contribution < 1.29 is 4.79 Å². The standard InChI is InChI=1S/C14H18ClNO/c1-14(2,3)10-5-4-6-12(7-10)16-9-11(15)8-13(16)17/h4-7,11H,8-9H2,1-3H3. The number of anilines is 1. The summed E-state index contributed by atoms with van der Waals surface area (Å²) >= 11 is 6.02. The van der Waals surface area contributed by atoms with Crippen LogP contribution in [0.15, 0.2) is 24.3 Å². The Kier molecular flexibility index (Phi) is 3.17. The number of carbonyl (C=O) groups is 1. The molecule has 17 heavy (non-hydrogen) atoms. The van der Waals surface area contributed by atoms with Crippen molar-refractivity contribution in [2.75, 3.05) is 11.4 Å². The Labute approximate surface area is 108 Å². The lowest BCUT2D eigenvalue weighted by Gasteiger charge is -2.22. The predicted octanol–water partition coefficient (Wildman–Crippen LogP) is 3.33. The quantitative estimate of drug-likeness (QED) is 0.701. The Morgan fingerprint density at radius 3 is 2.59 bits per heavy atom. The van der Waals surface area contributed by atoms with Crippen LogP contribution in [0.3, 0.4) is 0 Å². The second kappa shape index (κ2) is 4.34. The van der Waals surface area contributed by atoms with Crippen LogP contribution in [0.2, 0.25) is 0 Å². The Morgan fingerprint density at radius 2 is 2.06 bits per heavy atom. The lowest BCUT2D eigenvalue weighted by Crippen LogP contribution is -2.25. The van der Waals surface area contributed by atoms with Crippen molar-refractivity contribution in [3.8, 4) is 0 Å². The third-order valence-electron chi connectivity index (χ3n) is 3.10. The second-order valence-electron chi connectivity index (χ2n) is 5.61. The number of amides is 1. The molecule has 1 atom stereocenters. The van der Waals surface area contributed by atoms with E-state index in [9.17, 15) is 4.79 Å². The Balaban J connectivity index is 2.31. The van der Waals surface area contributed by atoms with E-state index in [4.69, 9.17) is 11.6 Å². The van der Waals surface area contributed by atoms with Gasteiger partial charge in [-0.25, -0.2) is 0 Å². The lowest BCUT2D eigenvalue weighted by atomic mass is 9.87. The molecule has 1 saturated heterocycles. The van der Waals surface area contributed by atoms with Gasteiger partial charge in [-0.3, -0.25) is 4.79 Å². The number of hydrogen-bond acceptors (Lipinski definition) is 1. The number of rotatable bonds is 1. The number of carbonyl (C=O) groups excluding carboxylic acids is 1. The average Bonchev–Trinajstić information content (AvgIpc) is 2.57. The van der Waals surface area contributed by atoms with E-state index in [1.54, 1.807) is 4.90 Å². The van der Waals surface area contributed by atoms with Gasteiger partial charge in [0, 0.05) is 18.7 Å². The van der Waals surface area contributed by atoms with Gasteiger partial charge in [0.2, 0.25) is 5.91 Å². The van der Waals surface area contributed by atoms with Crippen LogP contribution in [0.1, 0.15) is 32.8 Å². The largest absolute Gasteiger partial charge is 0.311 e. The summed E-state index contributed by atoms with van der Waals surface area (Å²) in [5.41, 5.74) is 2.30. The summed E-state index contributed by atoms with van der Waals surface area (Å²) < 4.78 is 0. The van der Waals surface area contributed by atoms with Crippen molar-refractivity contribution in [2.24, 2.45) is 0 Å².